The molecule has 0 aliphatic heterocycles. The Hall–Kier alpha value is -3.60. The van der Waals surface area contributed by atoms with Gasteiger partial charge in [-0.15, -0.1) is 0 Å². The zero-order valence-corrected chi connectivity index (χ0v) is 15.6. The summed E-state index contributed by atoms with van der Waals surface area (Å²) in [4.78, 5) is 12.2. The van der Waals surface area contributed by atoms with E-state index in [0.717, 1.165) is 22.3 Å². The molecule has 1 heterocycles. The third-order valence-electron chi connectivity index (χ3n) is 4.76. The van der Waals surface area contributed by atoms with Crippen molar-refractivity contribution in [2.24, 2.45) is 5.10 Å². The Balaban J connectivity index is 1.44. The standard InChI is InChI=1S/C23H21N3O2/c1-28-18-12-10-17(11-13-18)16-24-25-23(27)14-15-26-21-8-4-2-6-19(21)20-7-3-5-9-22(20)26/h2-13,16H,14-15H2,1H3,(H,25,27)/b24-16+. The van der Waals surface area contributed by atoms with Gasteiger partial charge in [0.15, 0.2) is 0 Å². The van der Waals surface area contributed by atoms with Crippen molar-refractivity contribution in [2.45, 2.75) is 13.0 Å². The van der Waals surface area contributed by atoms with Crippen molar-refractivity contribution in [1.29, 1.82) is 0 Å². The number of benzene rings is 3. The Morgan fingerprint density at radius 1 is 0.964 bits per heavy atom. The molecule has 1 N–H and O–H groups in total. The van der Waals surface area contributed by atoms with Crippen LogP contribution in [0.15, 0.2) is 77.9 Å². The van der Waals surface area contributed by atoms with Crippen LogP contribution >= 0.6 is 0 Å². The third-order valence-corrected chi connectivity index (χ3v) is 4.76. The molecule has 5 heteroatoms. The number of carbonyl (C=O) groups excluding carboxylic acids is 1. The van der Waals surface area contributed by atoms with E-state index in [1.54, 1.807) is 13.3 Å². The first-order chi connectivity index (χ1) is 13.8. The van der Waals surface area contributed by atoms with Gasteiger partial charge >= 0.3 is 0 Å². The summed E-state index contributed by atoms with van der Waals surface area (Å²) in [6.07, 6.45) is 1.97. The number of fused-ring (bicyclic) bond motifs is 3. The molecule has 0 aliphatic rings. The number of methoxy groups -OCH3 is 1. The average Bonchev–Trinajstić information content (AvgIpc) is 3.07. The summed E-state index contributed by atoms with van der Waals surface area (Å²) in [7, 11) is 1.63. The van der Waals surface area contributed by atoms with Gasteiger partial charge in [0.05, 0.1) is 13.3 Å². The lowest BCUT2D eigenvalue weighted by Crippen LogP contribution is -2.19. The molecule has 1 aromatic heterocycles. The van der Waals surface area contributed by atoms with Gasteiger partial charge in [-0.1, -0.05) is 36.4 Å². The normalized spacial score (nSPS) is 11.3. The monoisotopic (exact) mass is 371 g/mol. The molecule has 1 amide bonds. The minimum absolute atomic E-state index is 0.119. The van der Waals surface area contributed by atoms with E-state index in [0.29, 0.717) is 13.0 Å². The van der Waals surface area contributed by atoms with Gasteiger partial charge in [-0.05, 0) is 42.0 Å². The molecule has 3 aromatic carbocycles. The SMILES string of the molecule is COc1ccc(/C=N/NC(=O)CCn2c3ccccc3c3ccccc32)cc1. The number of para-hydroxylation sites is 2. The van der Waals surface area contributed by atoms with Crippen LogP contribution in [0.5, 0.6) is 5.75 Å². The Morgan fingerprint density at radius 2 is 1.57 bits per heavy atom. The minimum atomic E-state index is -0.119. The van der Waals surface area contributed by atoms with Crippen LogP contribution in [0.3, 0.4) is 0 Å². The number of ether oxygens (including phenoxy) is 1. The van der Waals surface area contributed by atoms with E-state index in [2.05, 4.69) is 39.4 Å². The Bertz CT molecular complexity index is 1090. The maximum Gasteiger partial charge on any atom is 0.241 e. The van der Waals surface area contributed by atoms with Gasteiger partial charge in [-0.25, -0.2) is 5.43 Å². The number of rotatable bonds is 6. The van der Waals surface area contributed by atoms with Gasteiger partial charge in [-0.3, -0.25) is 4.79 Å². The fourth-order valence-electron chi connectivity index (χ4n) is 3.38. The number of nitrogens with zero attached hydrogens (tertiary/aromatic N) is 2. The highest BCUT2D eigenvalue weighted by molar-refractivity contribution is 6.08. The third kappa shape index (κ3) is 3.60. The van der Waals surface area contributed by atoms with Crippen LogP contribution in [0.1, 0.15) is 12.0 Å². The lowest BCUT2D eigenvalue weighted by molar-refractivity contribution is -0.121. The Labute approximate surface area is 163 Å². The molecular formula is C23H21N3O2. The molecular weight excluding hydrogens is 350 g/mol. The molecule has 4 aromatic rings. The van der Waals surface area contributed by atoms with Gasteiger partial charge in [0.25, 0.3) is 0 Å². The van der Waals surface area contributed by atoms with Crippen LogP contribution in [-0.4, -0.2) is 23.8 Å². The molecule has 0 atom stereocenters. The summed E-state index contributed by atoms with van der Waals surface area (Å²) in [5.74, 6) is 0.666. The van der Waals surface area contributed by atoms with E-state index < -0.39 is 0 Å². The molecule has 0 unspecified atom stereocenters. The van der Waals surface area contributed by atoms with Gasteiger partial charge in [-0.2, -0.15) is 5.10 Å². The second-order valence-electron chi connectivity index (χ2n) is 6.50. The van der Waals surface area contributed by atoms with Crippen molar-refractivity contribution in [2.75, 3.05) is 7.11 Å². The molecule has 0 spiro atoms. The smallest absolute Gasteiger partial charge is 0.241 e. The average molecular weight is 371 g/mol. The zero-order chi connectivity index (χ0) is 19.3. The molecule has 0 radical (unpaired) electrons. The van der Waals surface area contributed by atoms with E-state index in [4.69, 9.17) is 4.74 Å². The highest BCUT2D eigenvalue weighted by atomic mass is 16.5. The second kappa shape index (κ2) is 7.96. The van der Waals surface area contributed by atoms with Gasteiger partial charge in [0.2, 0.25) is 5.91 Å². The summed E-state index contributed by atoms with van der Waals surface area (Å²) in [5.41, 5.74) is 5.77. The highest BCUT2D eigenvalue weighted by Gasteiger charge is 2.10. The highest BCUT2D eigenvalue weighted by Crippen LogP contribution is 2.28. The number of nitrogens with one attached hydrogen (secondary N) is 1. The molecule has 0 fully saturated rings. The van der Waals surface area contributed by atoms with Crippen molar-refractivity contribution >= 4 is 33.9 Å². The van der Waals surface area contributed by atoms with Crippen molar-refractivity contribution in [3.63, 3.8) is 0 Å². The molecule has 0 saturated heterocycles. The number of hydrogen-bond donors (Lipinski definition) is 1. The quantitative estimate of drug-likeness (QED) is 0.405. The molecule has 0 bridgehead atoms. The van der Waals surface area contributed by atoms with Crippen LogP contribution < -0.4 is 10.2 Å². The lowest BCUT2D eigenvalue weighted by atomic mass is 10.2. The van der Waals surface area contributed by atoms with E-state index in [9.17, 15) is 4.79 Å². The molecule has 140 valence electrons. The number of aromatic nitrogens is 1. The van der Waals surface area contributed by atoms with E-state index in [1.807, 2.05) is 48.5 Å². The number of hydrogen-bond acceptors (Lipinski definition) is 3. The maximum absolute atomic E-state index is 12.2. The molecule has 0 saturated carbocycles. The van der Waals surface area contributed by atoms with Gasteiger partial charge in [0, 0.05) is 34.8 Å². The predicted molar refractivity (Wildman–Crippen MR) is 113 cm³/mol. The van der Waals surface area contributed by atoms with Crippen molar-refractivity contribution in [3.05, 3.63) is 78.4 Å². The van der Waals surface area contributed by atoms with E-state index >= 15 is 0 Å². The zero-order valence-electron chi connectivity index (χ0n) is 15.6. The molecule has 28 heavy (non-hydrogen) atoms. The van der Waals surface area contributed by atoms with Crippen molar-refractivity contribution < 1.29 is 9.53 Å². The molecule has 5 nitrogen and oxygen atoms in total. The Kier molecular flexibility index (Phi) is 5.06. The summed E-state index contributed by atoms with van der Waals surface area (Å²) in [6.45, 7) is 0.595. The number of hydrazone groups is 1. The summed E-state index contributed by atoms with van der Waals surface area (Å²) in [6, 6.07) is 24.0. The van der Waals surface area contributed by atoms with E-state index in [1.165, 1.54) is 10.8 Å². The summed E-state index contributed by atoms with van der Waals surface area (Å²) in [5, 5.41) is 6.46. The van der Waals surface area contributed by atoms with Gasteiger partial charge < -0.3 is 9.30 Å². The fraction of sp³-hybridized carbons (Fsp3) is 0.130. The van der Waals surface area contributed by atoms with Crippen LogP contribution in [0.25, 0.3) is 21.8 Å². The largest absolute Gasteiger partial charge is 0.497 e. The van der Waals surface area contributed by atoms with Crippen LogP contribution in [0.4, 0.5) is 0 Å². The number of amides is 1. The van der Waals surface area contributed by atoms with Crippen molar-refractivity contribution in [3.8, 4) is 5.75 Å². The Morgan fingerprint density at radius 3 is 2.18 bits per heavy atom. The topological polar surface area (TPSA) is 55.6 Å². The van der Waals surface area contributed by atoms with Crippen LogP contribution in [0.2, 0.25) is 0 Å². The molecule has 0 aliphatic carbocycles. The number of aryl methyl sites for hydroxylation is 1. The van der Waals surface area contributed by atoms with Gasteiger partial charge in [0.1, 0.15) is 5.75 Å². The first-order valence-electron chi connectivity index (χ1n) is 9.18. The summed E-state index contributed by atoms with van der Waals surface area (Å²) < 4.78 is 7.32. The predicted octanol–water partition coefficient (Wildman–Crippen LogP) is 4.34. The van der Waals surface area contributed by atoms with Crippen LogP contribution in [0, 0.1) is 0 Å². The second-order valence-corrected chi connectivity index (χ2v) is 6.50. The molecule has 4 rings (SSSR count). The fourth-order valence-corrected chi connectivity index (χ4v) is 3.38. The summed E-state index contributed by atoms with van der Waals surface area (Å²) >= 11 is 0. The maximum atomic E-state index is 12.2. The lowest BCUT2D eigenvalue weighted by Gasteiger charge is -2.06. The van der Waals surface area contributed by atoms with E-state index in [-0.39, 0.29) is 5.91 Å². The van der Waals surface area contributed by atoms with Crippen molar-refractivity contribution in [1.82, 2.24) is 9.99 Å². The van der Waals surface area contributed by atoms with Crippen LogP contribution in [-0.2, 0) is 11.3 Å². The first-order valence-corrected chi connectivity index (χ1v) is 9.18. The first kappa shape index (κ1) is 17.8. The number of carbonyl (C=O) groups is 1. The minimum Gasteiger partial charge on any atom is -0.497 e.